The zero-order valence-electron chi connectivity index (χ0n) is 11.4. The molecule has 0 amide bonds. The van der Waals surface area contributed by atoms with Crippen molar-refractivity contribution in [3.63, 3.8) is 0 Å². The molecule has 0 aliphatic rings. The number of aromatic nitrogens is 1. The Bertz CT molecular complexity index is 695. The van der Waals surface area contributed by atoms with E-state index in [1.807, 2.05) is 0 Å². The Morgan fingerprint density at radius 2 is 1.85 bits per heavy atom. The molecule has 0 unspecified atom stereocenters. The fraction of sp³-hybridized carbons (Fsp3) is 0.286. The number of benzene rings is 1. The molecular weight excluding hydrogens is 280 g/mol. The van der Waals surface area contributed by atoms with Gasteiger partial charge in [-0.3, -0.25) is 0 Å². The molecule has 0 bridgehead atoms. The zero-order chi connectivity index (χ0) is 14.7. The van der Waals surface area contributed by atoms with Gasteiger partial charge in [0.15, 0.2) is 11.5 Å². The highest BCUT2D eigenvalue weighted by atomic mass is 35.5. The summed E-state index contributed by atoms with van der Waals surface area (Å²) in [6.07, 6.45) is 0.180. The SMILES string of the molecule is COc1cc2nc(Cl)c(CC#N)cc2c(OC)c1OC. The second-order valence-electron chi connectivity index (χ2n) is 3.99. The summed E-state index contributed by atoms with van der Waals surface area (Å²) in [5.74, 6) is 1.49. The van der Waals surface area contributed by atoms with Crippen LogP contribution in [0.1, 0.15) is 5.56 Å². The summed E-state index contributed by atoms with van der Waals surface area (Å²) in [6.45, 7) is 0. The van der Waals surface area contributed by atoms with E-state index >= 15 is 0 Å². The van der Waals surface area contributed by atoms with Crippen LogP contribution >= 0.6 is 11.6 Å². The molecule has 0 saturated heterocycles. The van der Waals surface area contributed by atoms with E-state index in [-0.39, 0.29) is 6.42 Å². The number of halogens is 1. The second-order valence-corrected chi connectivity index (χ2v) is 4.34. The number of pyridine rings is 1. The van der Waals surface area contributed by atoms with Crippen molar-refractivity contribution in [1.29, 1.82) is 5.26 Å². The highest BCUT2D eigenvalue weighted by molar-refractivity contribution is 6.30. The molecule has 0 N–H and O–H groups in total. The molecular formula is C14H13ClN2O3. The summed E-state index contributed by atoms with van der Waals surface area (Å²) in [6, 6.07) is 5.56. The smallest absolute Gasteiger partial charge is 0.204 e. The van der Waals surface area contributed by atoms with Gasteiger partial charge >= 0.3 is 0 Å². The van der Waals surface area contributed by atoms with Crippen LogP contribution in [0.2, 0.25) is 5.15 Å². The Morgan fingerprint density at radius 3 is 2.40 bits per heavy atom. The van der Waals surface area contributed by atoms with Gasteiger partial charge in [0.05, 0.1) is 39.3 Å². The average molecular weight is 293 g/mol. The number of nitrogens with zero attached hydrogens (tertiary/aromatic N) is 2. The maximum Gasteiger partial charge on any atom is 0.204 e. The second kappa shape index (κ2) is 5.85. The highest BCUT2D eigenvalue weighted by Gasteiger charge is 2.18. The minimum Gasteiger partial charge on any atom is -0.493 e. The molecule has 1 heterocycles. The predicted octanol–water partition coefficient (Wildman–Crippen LogP) is 2.98. The van der Waals surface area contributed by atoms with Gasteiger partial charge in [0.1, 0.15) is 5.15 Å². The van der Waals surface area contributed by atoms with Crippen LogP contribution in [0, 0.1) is 11.3 Å². The molecule has 0 spiro atoms. The van der Waals surface area contributed by atoms with Crippen molar-refractivity contribution in [3.05, 3.63) is 22.8 Å². The van der Waals surface area contributed by atoms with E-state index in [0.717, 1.165) is 5.39 Å². The average Bonchev–Trinajstić information content (AvgIpc) is 2.46. The summed E-state index contributed by atoms with van der Waals surface area (Å²) in [4.78, 5) is 4.29. The first-order valence-electron chi connectivity index (χ1n) is 5.81. The van der Waals surface area contributed by atoms with Crippen LogP contribution in [0.25, 0.3) is 10.9 Å². The predicted molar refractivity (Wildman–Crippen MR) is 75.7 cm³/mol. The van der Waals surface area contributed by atoms with E-state index in [2.05, 4.69) is 11.1 Å². The Morgan fingerprint density at radius 1 is 1.15 bits per heavy atom. The quantitative estimate of drug-likeness (QED) is 0.811. The molecule has 0 saturated carbocycles. The van der Waals surface area contributed by atoms with Crippen molar-refractivity contribution in [1.82, 2.24) is 4.98 Å². The summed E-state index contributed by atoms with van der Waals surface area (Å²) in [5, 5.41) is 9.83. The van der Waals surface area contributed by atoms with E-state index < -0.39 is 0 Å². The minimum atomic E-state index is 0.180. The molecule has 0 atom stereocenters. The van der Waals surface area contributed by atoms with Gasteiger partial charge in [-0.2, -0.15) is 5.26 Å². The number of fused-ring (bicyclic) bond motifs is 1. The Kier molecular flexibility index (Phi) is 4.16. The molecule has 1 aromatic carbocycles. The van der Waals surface area contributed by atoms with Crippen molar-refractivity contribution in [2.24, 2.45) is 0 Å². The fourth-order valence-electron chi connectivity index (χ4n) is 2.02. The third-order valence-corrected chi connectivity index (χ3v) is 3.25. The lowest BCUT2D eigenvalue weighted by molar-refractivity contribution is 0.327. The van der Waals surface area contributed by atoms with Crippen LogP contribution in [0.3, 0.4) is 0 Å². The highest BCUT2D eigenvalue weighted by Crippen LogP contribution is 2.43. The Hall–Kier alpha value is -2.19. The molecule has 0 aliphatic carbocycles. The van der Waals surface area contributed by atoms with Gasteiger partial charge in [-0.15, -0.1) is 0 Å². The summed E-state index contributed by atoms with van der Waals surface area (Å²) in [5.41, 5.74) is 1.26. The number of methoxy groups -OCH3 is 3. The van der Waals surface area contributed by atoms with Crippen LogP contribution in [0.15, 0.2) is 12.1 Å². The van der Waals surface area contributed by atoms with Crippen molar-refractivity contribution in [3.8, 4) is 23.3 Å². The number of rotatable bonds is 4. The number of hydrogen-bond donors (Lipinski definition) is 0. The van der Waals surface area contributed by atoms with Crippen molar-refractivity contribution in [2.75, 3.05) is 21.3 Å². The molecule has 0 radical (unpaired) electrons. The lowest BCUT2D eigenvalue weighted by atomic mass is 10.1. The van der Waals surface area contributed by atoms with Crippen molar-refractivity contribution >= 4 is 22.5 Å². The van der Waals surface area contributed by atoms with Gasteiger partial charge in [-0.25, -0.2) is 4.98 Å². The summed E-state index contributed by atoms with van der Waals surface area (Å²) >= 11 is 6.07. The standard InChI is InChI=1S/C14H13ClN2O3/c1-18-11-7-10-9(12(19-2)13(11)20-3)6-8(4-5-16)14(15)17-10/h6-7H,4H2,1-3H3. The van der Waals surface area contributed by atoms with Gasteiger partial charge in [0, 0.05) is 17.0 Å². The van der Waals surface area contributed by atoms with E-state index in [9.17, 15) is 0 Å². The van der Waals surface area contributed by atoms with E-state index in [1.165, 1.54) is 21.3 Å². The molecule has 20 heavy (non-hydrogen) atoms. The largest absolute Gasteiger partial charge is 0.493 e. The summed E-state index contributed by atoms with van der Waals surface area (Å²) < 4.78 is 16.0. The molecule has 5 nitrogen and oxygen atoms in total. The fourth-order valence-corrected chi connectivity index (χ4v) is 2.23. The first kappa shape index (κ1) is 14.2. The minimum absolute atomic E-state index is 0.180. The zero-order valence-corrected chi connectivity index (χ0v) is 12.1. The molecule has 6 heteroatoms. The van der Waals surface area contributed by atoms with Gasteiger partial charge < -0.3 is 14.2 Å². The molecule has 2 rings (SSSR count). The van der Waals surface area contributed by atoms with Crippen LogP contribution < -0.4 is 14.2 Å². The molecule has 1 aromatic heterocycles. The maximum atomic E-state index is 8.81. The third-order valence-electron chi connectivity index (χ3n) is 2.92. The van der Waals surface area contributed by atoms with Crippen LogP contribution in [0.4, 0.5) is 0 Å². The third kappa shape index (κ3) is 2.30. The molecule has 0 fully saturated rings. The number of ether oxygens (including phenoxy) is 3. The monoisotopic (exact) mass is 292 g/mol. The molecule has 104 valence electrons. The Labute approximate surface area is 121 Å². The van der Waals surface area contributed by atoms with Gasteiger partial charge in [-0.05, 0) is 6.07 Å². The number of nitriles is 1. The lowest BCUT2D eigenvalue weighted by Gasteiger charge is -2.15. The van der Waals surface area contributed by atoms with E-state index in [4.69, 9.17) is 31.1 Å². The van der Waals surface area contributed by atoms with Crippen LogP contribution in [-0.2, 0) is 6.42 Å². The lowest BCUT2D eigenvalue weighted by Crippen LogP contribution is -1.98. The molecule has 2 aromatic rings. The Balaban J connectivity index is 2.82. The normalized spacial score (nSPS) is 10.2. The van der Waals surface area contributed by atoms with Gasteiger partial charge in [0.2, 0.25) is 5.75 Å². The maximum absolute atomic E-state index is 8.81. The van der Waals surface area contributed by atoms with Crippen LogP contribution in [-0.4, -0.2) is 26.3 Å². The van der Waals surface area contributed by atoms with E-state index in [0.29, 0.717) is 33.5 Å². The van der Waals surface area contributed by atoms with Gasteiger partial charge in [0.25, 0.3) is 0 Å². The van der Waals surface area contributed by atoms with Gasteiger partial charge in [-0.1, -0.05) is 11.6 Å². The topological polar surface area (TPSA) is 64.4 Å². The van der Waals surface area contributed by atoms with Crippen LogP contribution in [0.5, 0.6) is 17.2 Å². The summed E-state index contributed by atoms with van der Waals surface area (Å²) in [7, 11) is 4.61. The van der Waals surface area contributed by atoms with E-state index in [1.54, 1.807) is 12.1 Å². The molecule has 0 aliphatic heterocycles. The first-order chi connectivity index (χ1) is 9.65. The number of hydrogen-bond acceptors (Lipinski definition) is 5. The first-order valence-corrected chi connectivity index (χ1v) is 6.19. The van der Waals surface area contributed by atoms with Crippen molar-refractivity contribution < 1.29 is 14.2 Å². The van der Waals surface area contributed by atoms with Crippen molar-refractivity contribution in [2.45, 2.75) is 6.42 Å².